The molecular weight excluding hydrogens is 323 g/mol. The third-order valence-corrected chi connectivity index (χ3v) is 4.66. The maximum atomic E-state index is 13.1. The molecule has 0 aliphatic carbocycles. The van der Waals surface area contributed by atoms with Crippen molar-refractivity contribution in [1.29, 1.82) is 0 Å². The smallest absolute Gasteiger partial charge is 0.308 e. The van der Waals surface area contributed by atoms with Crippen molar-refractivity contribution in [2.24, 2.45) is 5.92 Å². The lowest BCUT2D eigenvalue weighted by atomic mass is 9.89. The fourth-order valence-electron chi connectivity index (χ4n) is 3.26. The standard InChI is InChI=1S/C19H19FN2O3/c20-15-4-2-14(3-5-15)16-11-22(12-17(16)19(24)25)18(23)6-1-13-7-9-21-10-8-13/h2-5,7-10,16-17H,1,6,11-12H2,(H,24,25)/t16-,17+/m0/s1. The van der Waals surface area contributed by atoms with Gasteiger partial charge >= 0.3 is 5.97 Å². The van der Waals surface area contributed by atoms with Crippen LogP contribution >= 0.6 is 0 Å². The number of carbonyl (C=O) groups is 2. The highest BCUT2D eigenvalue weighted by atomic mass is 19.1. The van der Waals surface area contributed by atoms with E-state index in [1.165, 1.54) is 12.1 Å². The molecule has 0 saturated carbocycles. The third-order valence-electron chi connectivity index (χ3n) is 4.66. The van der Waals surface area contributed by atoms with Crippen LogP contribution in [0.3, 0.4) is 0 Å². The normalized spacial score (nSPS) is 19.8. The number of hydrogen-bond acceptors (Lipinski definition) is 3. The summed E-state index contributed by atoms with van der Waals surface area (Å²) in [6, 6.07) is 9.56. The molecule has 130 valence electrons. The fourth-order valence-corrected chi connectivity index (χ4v) is 3.26. The summed E-state index contributed by atoms with van der Waals surface area (Å²) < 4.78 is 13.1. The summed E-state index contributed by atoms with van der Waals surface area (Å²) in [7, 11) is 0. The minimum Gasteiger partial charge on any atom is -0.481 e. The van der Waals surface area contributed by atoms with E-state index in [9.17, 15) is 19.1 Å². The van der Waals surface area contributed by atoms with E-state index in [1.54, 1.807) is 29.4 Å². The second-order valence-corrected chi connectivity index (χ2v) is 6.26. The van der Waals surface area contributed by atoms with Crippen LogP contribution in [-0.4, -0.2) is 40.0 Å². The van der Waals surface area contributed by atoms with E-state index < -0.39 is 11.9 Å². The first-order valence-corrected chi connectivity index (χ1v) is 8.19. The average molecular weight is 342 g/mol. The number of rotatable bonds is 5. The molecular formula is C19H19FN2O3. The zero-order valence-electron chi connectivity index (χ0n) is 13.6. The van der Waals surface area contributed by atoms with E-state index in [-0.39, 0.29) is 24.2 Å². The molecule has 3 rings (SSSR count). The molecule has 2 heterocycles. The van der Waals surface area contributed by atoms with Crippen LogP contribution < -0.4 is 0 Å². The number of carboxylic acids is 1. The summed E-state index contributed by atoms with van der Waals surface area (Å²) in [4.78, 5) is 29.6. The summed E-state index contributed by atoms with van der Waals surface area (Å²) in [5.74, 6) is -2.34. The maximum absolute atomic E-state index is 13.1. The lowest BCUT2D eigenvalue weighted by Gasteiger charge is -2.16. The molecule has 1 saturated heterocycles. The van der Waals surface area contributed by atoms with Crippen molar-refractivity contribution < 1.29 is 19.1 Å². The van der Waals surface area contributed by atoms with Gasteiger partial charge in [-0.25, -0.2) is 4.39 Å². The van der Waals surface area contributed by atoms with E-state index in [2.05, 4.69) is 4.98 Å². The Morgan fingerprint density at radius 2 is 1.80 bits per heavy atom. The second kappa shape index (κ2) is 7.42. The highest BCUT2D eigenvalue weighted by Gasteiger charge is 2.40. The van der Waals surface area contributed by atoms with Gasteiger partial charge < -0.3 is 10.0 Å². The summed E-state index contributed by atoms with van der Waals surface area (Å²) >= 11 is 0. The van der Waals surface area contributed by atoms with Crippen LogP contribution in [0.2, 0.25) is 0 Å². The zero-order valence-corrected chi connectivity index (χ0v) is 13.6. The first kappa shape index (κ1) is 17.1. The monoisotopic (exact) mass is 342 g/mol. The predicted molar refractivity (Wildman–Crippen MR) is 89.4 cm³/mol. The van der Waals surface area contributed by atoms with Gasteiger partial charge in [0.25, 0.3) is 0 Å². The fraction of sp³-hybridized carbons (Fsp3) is 0.316. The van der Waals surface area contributed by atoms with Crippen LogP contribution in [0.15, 0.2) is 48.8 Å². The minimum atomic E-state index is -0.932. The Morgan fingerprint density at radius 1 is 1.12 bits per heavy atom. The van der Waals surface area contributed by atoms with E-state index >= 15 is 0 Å². The van der Waals surface area contributed by atoms with Crippen LogP contribution in [0.4, 0.5) is 4.39 Å². The molecule has 1 aromatic heterocycles. The van der Waals surface area contributed by atoms with Crippen molar-refractivity contribution in [3.63, 3.8) is 0 Å². The molecule has 1 N–H and O–H groups in total. The number of halogens is 1. The largest absolute Gasteiger partial charge is 0.481 e. The topological polar surface area (TPSA) is 70.5 Å². The van der Waals surface area contributed by atoms with Gasteiger partial charge in [-0.3, -0.25) is 14.6 Å². The molecule has 1 aromatic carbocycles. The van der Waals surface area contributed by atoms with Crippen LogP contribution in [0.25, 0.3) is 0 Å². The van der Waals surface area contributed by atoms with Crippen LogP contribution in [0, 0.1) is 11.7 Å². The number of aryl methyl sites for hydroxylation is 1. The first-order chi connectivity index (χ1) is 12.0. The van der Waals surface area contributed by atoms with Gasteiger partial charge in [0.1, 0.15) is 5.82 Å². The Hall–Kier alpha value is -2.76. The Kier molecular flexibility index (Phi) is 5.07. The molecule has 25 heavy (non-hydrogen) atoms. The molecule has 1 aliphatic rings. The molecule has 1 aliphatic heterocycles. The van der Waals surface area contributed by atoms with Gasteiger partial charge in [0.05, 0.1) is 5.92 Å². The Morgan fingerprint density at radius 3 is 2.44 bits per heavy atom. The molecule has 0 bridgehead atoms. The van der Waals surface area contributed by atoms with Gasteiger partial charge in [-0.05, 0) is 41.8 Å². The van der Waals surface area contributed by atoms with Gasteiger partial charge in [-0.2, -0.15) is 0 Å². The number of benzene rings is 1. The van der Waals surface area contributed by atoms with Gasteiger partial charge in [0.2, 0.25) is 5.91 Å². The number of carbonyl (C=O) groups excluding carboxylic acids is 1. The third kappa shape index (κ3) is 4.02. The molecule has 0 radical (unpaired) electrons. The highest BCUT2D eigenvalue weighted by molar-refractivity contribution is 5.79. The molecule has 0 unspecified atom stereocenters. The van der Waals surface area contributed by atoms with Crippen molar-refractivity contribution in [1.82, 2.24) is 9.88 Å². The minimum absolute atomic E-state index is 0.0623. The number of carboxylic acid groups (broad SMARTS) is 1. The Labute approximate surface area is 145 Å². The molecule has 6 heteroatoms. The highest BCUT2D eigenvalue weighted by Crippen LogP contribution is 2.33. The molecule has 1 fully saturated rings. The summed E-state index contributed by atoms with van der Waals surface area (Å²) in [6.45, 7) is 0.532. The van der Waals surface area contributed by atoms with E-state index in [1.807, 2.05) is 12.1 Å². The number of aliphatic carboxylic acids is 1. The molecule has 1 amide bonds. The SMILES string of the molecule is O=C(O)[C@@H]1CN(C(=O)CCc2ccncc2)C[C@H]1c1ccc(F)cc1. The van der Waals surface area contributed by atoms with Crippen LogP contribution in [0.5, 0.6) is 0 Å². The van der Waals surface area contributed by atoms with Gasteiger partial charge in [-0.15, -0.1) is 0 Å². The lowest BCUT2D eigenvalue weighted by molar-refractivity contribution is -0.141. The zero-order chi connectivity index (χ0) is 17.8. The van der Waals surface area contributed by atoms with E-state index in [0.717, 1.165) is 11.1 Å². The van der Waals surface area contributed by atoms with Crippen molar-refractivity contribution in [2.45, 2.75) is 18.8 Å². The van der Waals surface area contributed by atoms with Crippen molar-refractivity contribution in [2.75, 3.05) is 13.1 Å². The maximum Gasteiger partial charge on any atom is 0.308 e. The van der Waals surface area contributed by atoms with E-state index in [0.29, 0.717) is 19.4 Å². The first-order valence-electron chi connectivity index (χ1n) is 8.19. The summed E-state index contributed by atoms with van der Waals surface area (Å²) in [5.41, 5.74) is 1.77. The van der Waals surface area contributed by atoms with Crippen molar-refractivity contribution in [3.8, 4) is 0 Å². The average Bonchev–Trinajstić information content (AvgIpc) is 3.07. The van der Waals surface area contributed by atoms with Gasteiger partial charge in [0.15, 0.2) is 0 Å². The summed E-state index contributed by atoms with van der Waals surface area (Å²) in [5, 5.41) is 9.49. The Bertz CT molecular complexity index is 749. The quantitative estimate of drug-likeness (QED) is 0.906. The number of aromatic nitrogens is 1. The number of likely N-dealkylation sites (tertiary alicyclic amines) is 1. The Balaban J connectivity index is 1.68. The van der Waals surface area contributed by atoms with Gasteiger partial charge in [-0.1, -0.05) is 12.1 Å². The number of nitrogens with zero attached hydrogens (tertiary/aromatic N) is 2. The van der Waals surface area contributed by atoms with Crippen LogP contribution in [0.1, 0.15) is 23.5 Å². The van der Waals surface area contributed by atoms with Crippen molar-refractivity contribution in [3.05, 3.63) is 65.7 Å². The van der Waals surface area contributed by atoms with E-state index in [4.69, 9.17) is 0 Å². The van der Waals surface area contributed by atoms with Crippen molar-refractivity contribution >= 4 is 11.9 Å². The van der Waals surface area contributed by atoms with Crippen LogP contribution in [-0.2, 0) is 16.0 Å². The molecule has 0 spiro atoms. The number of amides is 1. The number of pyridine rings is 1. The molecule has 2 atom stereocenters. The molecule has 2 aromatic rings. The summed E-state index contributed by atoms with van der Waals surface area (Å²) in [6.07, 6.45) is 4.28. The number of hydrogen-bond donors (Lipinski definition) is 1. The predicted octanol–water partition coefficient (Wildman–Crippen LogP) is 2.48. The second-order valence-electron chi connectivity index (χ2n) is 6.26. The van der Waals surface area contributed by atoms with Gasteiger partial charge in [0, 0.05) is 37.8 Å². The molecule has 5 nitrogen and oxygen atoms in total. The lowest BCUT2D eigenvalue weighted by Crippen LogP contribution is -2.30.